The second-order valence-corrected chi connectivity index (χ2v) is 7.32. The molecule has 2 aromatic rings. The van der Waals surface area contributed by atoms with Crippen LogP contribution in [0.2, 0.25) is 0 Å². The van der Waals surface area contributed by atoms with E-state index < -0.39 is 10.0 Å². The first-order valence-corrected chi connectivity index (χ1v) is 9.30. The van der Waals surface area contributed by atoms with Crippen LogP contribution in [-0.4, -0.2) is 21.4 Å². The highest BCUT2D eigenvalue weighted by Crippen LogP contribution is 2.22. The van der Waals surface area contributed by atoms with Crippen LogP contribution >= 0.6 is 0 Å². The fourth-order valence-corrected chi connectivity index (χ4v) is 3.32. The van der Waals surface area contributed by atoms with Crippen molar-refractivity contribution >= 4 is 21.6 Å². The summed E-state index contributed by atoms with van der Waals surface area (Å²) in [4.78, 5) is 11.7. The summed E-state index contributed by atoms with van der Waals surface area (Å²) < 4.78 is 27.4. The molecule has 0 aliphatic rings. The van der Waals surface area contributed by atoms with Crippen LogP contribution in [0.4, 0.5) is 5.69 Å². The molecule has 6 heteroatoms. The van der Waals surface area contributed by atoms with E-state index in [4.69, 9.17) is 0 Å². The molecule has 0 aliphatic carbocycles. The molecule has 0 aromatic heterocycles. The van der Waals surface area contributed by atoms with Gasteiger partial charge in [0.25, 0.3) is 15.9 Å². The van der Waals surface area contributed by atoms with Crippen LogP contribution in [0.1, 0.15) is 42.1 Å². The molecule has 128 valence electrons. The van der Waals surface area contributed by atoms with Gasteiger partial charge in [-0.1, -0.05) is 26.0 Å². The Morgan fingerprint density at radius 1 is 1.04 bits per heavy atom. The summed E-state index contributed by atoms with van der Waals surface area (Å²) in [6.45, 7) is 4.20. The lowest BCUT2D eigenvalue weighted by Gasteiger charge is -2.11. The SMILES string of the molecule is CCC(C)c1ccc(S(=O)(=O)Nc2ccc(C(=O)NC)cc2)cc1. The Labute approximate surface area is 143 Å². The van der Waals surface area contributed by atoms with Crippen molar-refractivity contribution in [1.29, 1.82) is 0 Å². The predicted molar refractivity (Wildman–Crippen MR) is 95.8 cm³/mol. The second-order valence-electron chi connectivity index (χ2n) is 5.64. The summed E-state index contributed by atoms with van der Waals surface area (Å²) in [5, 5.41) is 2.52. The summed E-state index contributed by atoms with van der Waals surface area (Å²) in [5.41, 5.74) is 2.00. The molecule has 2 aromatic carbocycles. The van der Waals surface area contributed by atoms with Gasteiger partial charge in [0.2, 0.25) is 0 Å². The van der Waals surface area contributed by atoms with Crippen LogP contribution in [0, 0.1) is 0 Å². The van der Waals surface area contributed by atoms with E-state index in [-0.39, 0.29) is 10.8 Å². The number of amides is 1. The molecule has 24 heavy (non-hydrogen) atoms. The number of hydrogen-bond acceptors (Lipinski definition) is 3. The van der Waals surface area contributed by atoms with E-state index in [1.165, 1.54) is 0 Å². The third kappa shape index (κ3) is 4.14. The minimum atomic E-state index is -3.65. The lowest BCUT2D eigenvalue weighted by molar-refractivity contribution is 0.0963. The first-order chi connectivity index (χ1) is 11.4. The summed E-state index contributed by atoms with van der Waals surface area (Å²) in [6.07, 6.45) is 1.00. The van der Waals surface area contributed by atoms with Crippen molar-refractivity contribution in [3.8, 4) is 0 Å². The first kappa shape index (κ1) is 18.0. The third-order valence-corrected chi connectivity index (χ3v) is 5.40. The van der Waals surface area contributed by atoms with Gasteiger partial charge in [-0.15, -0.1) is 0 Å². The third-order valence-electron chi connectivity index (χ3n) is 4.00. The zero-order valence-electron chi connectivity index (χ0n) is 14.0. The van der Waals surface area contributed by atoms with Gasteiger partial charge in [-0.25, -0.2) is 8.42 Å². The van der Waals surface area contributed by atoms with Gasteiger partial charge in [0.1, 0.15) is 0 Å². The van der Waals surface area contributed by atoms with Gasteiger partial charge in [0.05, 0.1) is 4.90 Å². The van der Waals surface area contributed by atoms with Gasteiger partial charge in [0, 0.05) is 18.3 Å². The zero-order chi connectivity index (χ0) is 17.7. The zero-order valence-corrected chi connectivity index (χ0v) is 14.9. The molecule has 0 saturated heterocycles. The number of carbonyl (C=O) groups excluding carboxylic acids is 1. The number of hydrogen-bond donors (Lipinski definition) is 2. The average molecular weight is 346 g/mol. The molecule has 1 atom stereocenters. The van der Waals surface area contributed by atoms with Crippen molar-refractivity contribution < 1.29 is 13.2 Å². The average Bonchev–Trinajstić information content (AvgIpc) is 2.60. The van der Waals surface area contributed by atoms with Crippen molar-refractivity contribution in [3.05, 3.63) is 59.7 Å². The largest absolute Gasteiger partial charge is 0.355 e. The van der Waals surface area contributed by atoms with Crippen molar-refractivity contribution in [2.75, 3.05) is 11.8 Å². The molecule has 2 N–H and O–H groups in total. The highest BCUT2D eigenvalue weighted by Gasteiger charge is 2.15. The molecular formula is C18H22N2O3S. The van der Waals surface area contributed by atoms with Gasteiger partial charge in [0.15, 0.2) is 0 Å². The van der Waals surface area contributed by atoms with Gasteiger partial charge < -0.3 is 5.32 Å². The normalized spacial score (nSPS) is 12.5. The molecule has 1 amide bonds. The fraction of sp³-hybridized carbons (Fsp3) is 0.278. The quantitative estimate of drug-likeness (QED) is 0.842. The van der Waals surface area contributed by atoms with E-state index in [1.807, 2.05) is 12.1 Å². The van der Waals surface area contributed by atoms with Crippen LogP contribution < -0.4 is 10.0 Å². The number of carbonyl (C=O) groups is 1. The Balaban J connectivity index is 2.17. The van der Waals surface area contributed by atoms with E-state index in [1.54, 1.807) is 43.4 Å². The Kier molecular flexibility index (Phi) is 5.62. The standard InChI is InChI=1S/C18H22N2O3S/c1-4-13(2)14-7-11-17(12-8-14)24(22,23)20-16-9-5-15(6-10-16)18(21)19-3/h5-13,20H,4H2,1-3H3,(H,19,21). The molecule has 0 aliphatic heterocycles. The summed E-state index contributed by atoms with van der Waals surface area (Å²) in [6, 6.07) is 13.2. The Morgan fingerprint density at radius 3 is 2.12 bits per heavy atom. The predicted octanol–water partition coefficient (Wildman–Crippen LogP) is 3.36. The van der Waals surface area contributed by atoms with Crippen LogP contribution in [0.25, 0.3) is 0 Å². The van der Waals surface area contributed by atoms with Crippen molar-refractivity contribution in [2.45, 2.75) is 31.1 Å². The molecule has 2 rings (SSSR count). The maximum absolute atomic E-state index is 12.4. The first-order valence-electron chi connectivity index (χ1n) is 7.82. The van der Waals surface area contributed by atoms with Crippen molar-refractivity contribution in [1.82, 2.24) is 5.32 Å². The van der Waals surface area contributed by atoms with Crippen LogP contribution in [0.5, 0.6) is 0 Å². The van der Waals surface area contributed by atoms with Gasteiger partial charge in [-0.2, -0.15) is 0 Å². The van der Waals surface area contributed by atoms with Gasteiger partial charge >= 0.3 is 0 Å². The Bertz CT molecular complexity index is 797. The maximum Gasteiger partial charge on any atom is 0.261 e. The molecule has 1 unspecified atom stereocenters. The molecular weight excluding hydrogens is 324 g/mol. The molecule has 0 bridgehead atoms. The van der Waals surface area contributed by atoms with E-state index >= 15 is 0 Å². The molecule has 5 nitrogen and oxygen atoms in total. The number of benzene rings is 2. The summed E-state index contributed by atoms with van der Waals surface area (Å²) in [7, 11) is -2.11. The van der Waals surface area contributed by atoms with E-state index in [2.05, 4.69) is 23.9 Å². The minimum Gasteiger partial charge on any atom is -0.355 e. The summed E-state index contributed by atoms with van der Waals surface area (Å²) in [5.74, 6) is 0.178. The fourth-order valence-electron chi connectivity index (χ4n) is 2.26. The Hall–Kier alpha value is -2.34. The lowest BCUT2D eigenvalue weighted by Crippen LogP contribution is -2.18. The smallest absolute Gasteiger partial charge is 0.261 e. The maximum atomic E-state index is 12.4. The number of nitrogens with one attached hydrogen (secondary N) is 2. The van der Waals surface area contributed by atoms with Crippen LogP contribution in [0.15, 0.2) is 53.4 Å². The van der Waals surface area contributed by atoms with Crippen LogP contribution in [0.3, 0.4) is 0 Å². The monoisotopic (exact) mass is 346 g/mol. The highest BCUT2D eigenvalue weighted by atomic mass is 32.2. The molecule has 0 radical (unpaired) electrons. The van der Waals surface area contributed by atoms with E-state index in [0.29, 0.717) is 17.2 Å². The summed E-state index contributed by atoms with van der Waals surface area (Å²) >= 11 is 0. The molecule has 0 spiro atoms. The molecule has 0 fully saturated rings. The van der Waals surface area contributed by atoms with Crippen molar-refractivity contribution in [3.63, 3.8) is 0 Å². The number of rotatable bonds is 6. The number of sulfonamides is 1. The molecule has 0 saturated carbocycles. The van der Waals surface area contributed by atoms with E-state index in [9.17, 15) is 13.2 Å². The highest BCUT2D eigenvalue weighted by molar-refractivity contribution is 7.92. The van der Waals surface area contributed by atoms with Crippen LogP contribution in [-0.2, 0) is 10.0 Å². The topological polar surface area (TPSA) is 75.3 Å². The molecule has 0 heterocycles. The van der Waals surface area contributed by atoms with Gasteiger partial charge in [-0.05, 0) is 54.3 Å². The van der Waals surface area contributed by atoms with Crippen molar-refractivity contribution in [2.24, 2.45) is 0 Å². The lowest BCUT2D eigenvalue weighted by atomic mass is 9.99. The Morgan fingerprint density at radius 2 is 1.62 bits per heavy atom. The van der Waals surface area contributed by atoms with Gasteiger partial charge in [-0.3, -0.25) is 9.52 Å². The minimum absolute atomic E-state index is 0.213. The van der Waals surface area contributed by atoms with E-state index in [0.717, 1.165) is 12.0 Å². The number of anilines is 1. The second kappa shape index (κ2) is 7.49.